The SMILES string of the molecule is CCCCn1nc(C(=O)OCC(=O)Nc2cccc(C(C)=O)c2)c2ccccc2c1=O. The van der Waals surface area contributed by atoms with E-state index in [9.17, 15) is 19.2 Å². The zero-order chi connectivity index (χ0) is 22.4. The number of carbonyl (C=O) groups is 3. The third kappa shape index (κ3) is 5.22. The molecule has 0 bridgehead atoms. The van der Waals surface area contributed by atoms with Crippen molar-refractivity contribution in [2.45, 2.75) is 33.2 Å². The summed E-state index contributed by atoms with van der Waals surface area (Å²) in [6.45, 7) is 3.27. The van der Waals surface area contributed by atoms with Gasteiger partial charge in [0, 0.05) is 23.2 Å². The Hall–Kier alpha value is -3.81. The second kappa shape index (κ2) is 9.80. The van der Waals surface area contributed by atoms with Gasteiger partial charge >= 0.3 is 5.97 Å². The lowest BCUT2D eigenvalue weighted by Gasteiger charge is -2.11. The van der Waals surface area contributed by atoms with Crippen LogP contribution in [0.3, 0.4) is 0 Å². The molecule has 1 amide bonds. The molecule has 0 aliphatic carbocycles. The number of Topliss-reactive ketones (excluding diaryl/α,β-unsaturated/α-hetero) is 1. The van der Waals surface area contributed by atoms with Crippen molar-refractivity contribution in [1.82, 2.24) is 9.78 Å². The fourth-order valence-corrected chi connectivity index (χ4v) is 3.06. The van der Waals surface area contributed by atoms with E-state index in [1.165, 1.54) is 11.6 Å². The molecule has 0 fully saturated rings. The van der Waals surface area contributed by atoms with Crippen LogP contribution in [0.4, 0.5) is 5.69 Å². The smallest absolute Gasteiger partial charge is 0.359 e. The molecule has 0 unspecified atom stereocenters. The first-order valence-electron chi connectivity index (χ1n) is 9.98. The predicted molar refractivity (Wildman–Crippen MR) is 116 cm³/mol. The minimum Gasteiger partial charge on any atom is -0.451 e. The molecule has 0 radical (unpaired) electrons. The van der Waals surface area contributed by atoms with Crippen LogP contribution in [0.25, 0.3) is 10.8 Å². The molecule has 1 N–H and O–H groups in total. The standard InChI is InChI=1S/C23H23N3O5/c1-3-4-12-26-22(29)19-11-6-5-10-18(19)21(25-26)23(30)31-14-20(28)24-17-9-7-8-16(13-17)15(2)27/h5-11,13H,3-4,12,14H2,1-2H3,(H,24,28). The van der Waals surface area contributed by atoms with Crippen molar-refractivity contribution in [2.24, 2.45) is 0 Å². The zero-order valence-corrected chi connectivity index (χ0v) is 17.4. The Morgan fingerprint density at radius 3 is 2.52 bits per heavy atom. The molecule has 0 aliphatic heterocycles. The van der Waals surface area contributed by atoms with Crippen LogP contribution < -0.4 is 10.9 Å². The van der Waals surface area contributed by atoms with Crippen LogP contribution in [-0.2, 0) is 16.1 Å². The third-order valence-electron chi connectivity index (χ3n) is 4.67. The first-order chi connectivity index (χ1) is 14.9. The Morgan fingerprint density at radius 1 is 1.06 bits per heavy atom. The number of esters is 1. The van der Waals surface area contributed by atoms with Gasteiger partial charge in [-0.3, -0.25) is 14.4 Å². The Kier molecular flexibility index (Phi) is 6.92. The average molecular weight is 421 g/mol. The number of nitrogens with one attached hydrogen (secondary N) is 1. The summed E-state index contributed by atoms with van der Waals surface area (Å²) in [4.78, 5) is 49.0. The van der Waals surface area contributed by atoms with Crippen LogP contribution in [0, 0.1) is 0 Å². The molecule has 0 saturated carbocycles. The van der Waals surface area contributed by atoms with Gasteiger partial charge in [-0.25, -0.2) is 9.48 Å². The Morgan fingerprint density at radius 2 is 1.81 bits per heavy atom. The highest BCUT2D eigenvalue weighted by Gasteiger charge is 2.19. The quantitative estimate of drug-likeness (QED) is 0.442. The molecule has 3 aromatic rings. The van der Waals surface area contributed by atoms with E-state index in [-0.39, 0.29) is 17.0 Å². The number of aryl methyl sites for hydroxylation is 1. The van der Waals surface area contributed by atoms with E-state index in [4.69, 9.17) is 4.74 Å². The van der Waals surface area contributed by atoms with Crippen molar-refractivity contribution < 1.29 is 19.1 Å². The number of ketones is 1. The summed E-state index contributed by atoms with van der Waals surface area (Å²) in [5, 5.41) is 7.52. The molecular formula is C23H23N3O5. The highest BCUT2D eigenvalue weighted by molar-refractivity contribution is 6.03. The average Bonchev–Trinajstić information content (AvgIpc) is 2.77. The topological polar surface area (TPSA) is 107 Å². The van der Waals surface area contributed by atoms with Gasteiger partial charge in [0.2, 0.25) is 0 Å². The number of amides is 1. The number of carbonyl (C=O) groups excluding carboxylic acids is 3. The summed E-state index contributed by atoms with van der Waals surface area (Å²) in [6, 6.07) is 13.1. The molecule has 0 saturated heterocycles. The minimum atomic E-state index is -0.797. The van der Waals surface area contributed by atoms with Crippen LogP contribution in [-0.4, -0.2) is 34.0 Å². The number of nitrogens with zero attached hydrogens (tertiary/aromatic N) is 2. The van der Waals surface area contributed by atoms with Gasteiger partial charge in [-0.1, -0.05) is 43.7 Å². The molecule has 31 heavy (non-hydrogen) atoms. The molecule has 1 heterocycles. The van der Waals surface area contributed by atoms with E-state index < -0.39 is 18.5 Å². The molecule has 0 spiro atoms. The van der Waals surface area contributed by atoms with E-state index in [2.05, 4.69) is 10.4 Å². The highest BCUT2D eigenvalue weighted by atomic mass is 16.5. The van der Waals surface area contributed by atoms with Gasteiger partial charge in [0.05, 0.1) is 5.39 Å². The molecule has 8 heteroatoms. The normalized spacial score (nSPS) is 10.6. The summed E-state index contributed by atoms with van der Waals surface area (Å²) in [6.07, 6.45) is 1.60. The fourth-order valence-electron chi connectivity index (χ4n) is 3.06. The molecule has 3 rings (SSSR count). The number of fused-ring (bicyclic) bond motifs is 1. The van der Waals surface area contributed by atoms with Gasteiger partial charge in [-0.2, -0.15) is 5.10 Å². The lowest BCUT2D eigenvalue weighted by molar-refractivity contribution is -0.119. The summed E-state index contributed by atoms with van der Waals surface area (Å²) in [5.74, 6) is -1.48. The summed E-state index contributed by atoms with van der Waals surface area (Å²) in [5.41, 5.74) is 0.589. The molecule has 8 nitrogen and oxygen atoms in total. The van der Waals surface area contributed by atoms with Gasteiger partial charge in [-0.15, -0.1) is 0 Å². The fraction of sp³-hybridized carbons (Fsp3) is 0.261. The second-order valence-corrected chi connectivity index (χ2v) is 7.04. The van der Waals surface area contributed by atoms with Gasteiger partial charge in [0.25, 0.3) is 11.5 Å². The lowest BCUT2D eigenvalue weighted by Crippen LogP contribution is -2.27. The number of anilines is 1. The van der Waals surface area contributed by atoms with Gasteiger partial charge < -0.3 is 10.1 Å². The Balaban J connectivity index is 1.76. The molecule has 0 aliphatic rings. The largest absolute Gasteiger partial charge is 0.451 e. The number of rotatable bonds is 8. The molecule has 2 aromatic carbocycles. The van der Waals surface area contributed by atoms with E-state index in [0.717, 1.165) is 12.8 Å². The van der Waals surface area contributed by atoms with E-state index >= 15 is 0 Å². The first kappa shape index (κ1) is 21.9. The number of ether oxygens (including phenoxy) is 1. The molecule has 1 aromatic heterocycles. The van der Waals surface area contributed by atoms with Crippen LogP contribution in [0.5, 0.6) is 0 Å². The van der Waals surface area contributed by atoms with E-state index in [1.807, 2.05) is 6.92 Å². The molecule has 160 valence electrons. The van der Waals surface area contributed by atoms with Crippen LogP contribution >= 0.6 is 0 Å². The van der Waals surface area contributed by atoms with E-state index in [0.29, 0.717) is 28.6 Å². The van der Waals surface area contributed by atoms with Crippen molar-refractivity contribution in [1.29, 1.82) is 0 Å². The summed E-state index contributed by atoms with van der Waals surface area (Å²) in [7, 11) is 0. The molecular weight excluding hydrogens is 398 g/mol. The number of aromatic nitrogens is 2. The summed E-state index contributed by atoms with van der Waals surface area (Å²) < 4.78 is 6.41. The highest BCUT2D eigenvalue weighted by Crippen LogP contribution is 2.15. The minimum absolute atomic E-state index is 0.0160. The maximum absolute atomic E-state index is 12.7. The lowest BCUT2D eigenvalue weighted by atomic mass is 10.1. The zero-order valence-electron chi connectivity index (χ0n) is 17.4. The third-order valence-corrected chi connectivity index (χ3v) is 4.67. The van der Waals surface area contributed by atoms with Gasteiger partial charge in [0.15, 0.2) is 18.1 Å². The Bertz CT molecular complexity index is 1200. The monoisotopic (exact) mass is 421 g/mol. The van der Waals surface area contributed by atoms with Crippen molar-refractivity contribution >= 4 is 34.1 Å². The number of benzene rings is 2. The van der Waals surface area contributed by atoms with Gasteiger partial charge in [0.1, 0.15) is 0 Å². The van der Waals surface area contributed by atoms with Crippen molar-refractivity contribution in [2.75, 3.05) is 11.9 Å². The van der Waals surface area contributed by atoms with Crippen LogP contribution in [0.2, 0.25) is 0 Å². The number of hydrogen-bond acceptors (Lipinski definition) is 6. The molecule has 0 atom stereocenters. The van der Waals surface area contributed by atoms with Crippen molar-refractivity contribution in [3.63, 3.8) is 0 Å². The summed E-state index contributed by atoms with van der Waals surface area (Å²) >= 11 is 0. The van der Waals surface area contributed by atoms with Crippen molar-refractivity contribution in [3.8, 4) is 0 Å². The maximum atomic E-state index is 12.7. The number of unbranched alkanes of at least 4 members (excludes halogenated alkanes) is 1. The van der Waals surface area contributed by atoms with Crippen molar-refractivity contribution in [3.05, 3.63) is 70.1 Å². The Labute approximate surface area is 178 Å². The maximum Gasteiger partial charge on any atom is 0.359 e. The van der Waals surface area contributed by atoms with Crippen LogP contribution in [0.1, 0.15) is 47.5 Å². The second-order valence-electron chi connectivity index (χ2n) is 7.04. The number of hydrogen-bond donors (Lipinski definition) is 1. The predicted octanol–water partition coefficient (Wildman–Crippen LogP) is 3.19. The van der Waals surface area contributed by atoms with E-state index in [1.54, 1.807) is 48.5 Å². The first-order valence-corrected chi connectivity index (χ1v) is 9.98. The van der Waals surface area contributed by atoms with Crippen LogP contribution in [0.15, 0.2) is 53.3 Å². The van der Waals surface area contributed by atoms with Gasteiger partial charge in [-0.05, 0) is 31.5 Å².